The van der Waals surface area contributed by atoms with E-state index in [1.165, 1.54) is 16.2 Å². The molecule has 0 bridgehead atoms. The number of rotatable bonds is 2. The van der Waals surface area contributed by atoms with Crippen molar-refractivity contribution in [2.45, 2.75) is 20.4 Å². The lowest BCUT2D eigenvalue weighted by molar-refractivity contribution is -0.143. The van der Waals surface area contributed by atoms with E-state index in [0.29, 0.717) is 13.1 Å². The van der Waals surface area contributed by atoms with Gasteiger partial charge in [0.15, 0.2) is 0 Å². The molecule has 3 rings (SSSR count). The second kappa shape index (κ2) is 4.44. The first kappa shape index (κ1) is 13.3. The zero-order valence-corrected chi connectivity index (χ0v) is 12.3. The number of piperidine rings is 1. The summed E-state index contributed by atoms with van der Waals surface area (Å²) in [5.41, 5.74) is 6.08. The average molecular weight is 288 g/mol. The van der Waals surface area contributed by atoms with E-state index in [4.69, 9.17) is 5.73 Å². The van der Waals surface area contributed by atoms with E-state index >= 15 is 0 Å². The van der Waals surface area contributed by atoms with Crippen molar-refractivity contribution in [2.75, 3.05) is 6.54 Å². The first-order chi connectivity index (χ1) is 9.48. The predicted molar refractivity (Wildman–Crippen MR) is 76.6 cm³/mol. The molecule has 2 amide bonds. The van der Waals surface area contributed by atoms with E-state index in [1.807, 2.05) is 25.3 Å². The van der Waals surface area contributed by atoms with Gasteiger partial charge in [-0.15, -0.1) is 11.3 Å². The van der Waals surface area contributed by atoms with Gasteiger partial charge in [-0.25, -0.2) is 0 Å². The summed E-state index contributed by atoms with van der Waals surface area (Å²) >= 11 is 1.52. The summed E-state index contributed by atoms with van der Waals surface area (Å²) in [6, 6.07) is 1.90. The molecule has 1 aliphatic carbocycles. The molecule has 0 radical (unpaired) electrons. The third kappa shape index (κ3) is 1.80. The highest BCUT2D eigenvalue weighted by molar-refractivity contribution is 7.10. The number of thiophene rings is 1. The zero-order valence-electron chi connectivity index (χ0n) is 11.5. The molecular weight excluding hydrogens is 272 g/mol. The van der Waals surface area contributed by atoms with Crippen molar-refractivity contribution in [1.29, 1.82) is 0 Å². The fourth-order valence-electron chi connectivity index (χ4n) is 3.02. The van der Waals surface area contributed by atoms with Crippen LogP contribution in [0.1, 0.15) is 24.3 Å². The maximum Gasteiger partial charge on any atom is 0.234 e. The predicted octanol–water partition coefficient (Wildman–Crippen LogP) is 1.20. The topological polar surface area (TPSA) is 63.4 Å². The Labute approximate surface area is 121 Å². The molecule has 2 N–H and O–H groups in total. The molecule has 0 spiro atoms. The van der Waals surface area contributed by atoms with Crippen molar-refractivity contribution in [3.05, 3.63) is 21.9 Å². The largest absolute Gasteiger partial charge is 0.320 e. The van der Waals surface area contributed by atoms with Crippen LogP contribution in [-0.2, 0) is 16.1 Å². The molecule has 2 fully saturated rings. The summed E-state index contributed by atoms with van der Waals surface area (Å²) in [7, 11) is 0. The number of carbonyl (C=O) groups is 2. The van der Waals surface area contributed by atoms with Crippen molar-refractivity contribution >= 4 is 23.2 Å². The normalized spacial score (nSPS) is 26.2. The van der Waals surface area contributed by atoms with Crippen LogP contribution in [-0.4, -0.2) is 23.3 Å². The third-order valence-corrected chi connectivity index (χ3v) is 5.17. The molecule has 20 heavy (non-hydrogen) atoms. The van der Waals surface area contributed by atoms with Crippen LogP contribution >= 0.6 is 11.3 Å². The van der Waals surface area contributed by atoms with Crippen molar-refractivity contribution in [2.24, 2.45) is 23.0 Å². The maximum atomic E-state index is 12.3. The van der Waals surface area contributed by atoms with Crippen LogP contribution in [0, 0.1) is 29.1 Å². The van der Waals surface area contributed by atoms with Crippen molar-refractivity contribution in [1.82, 2.24) is 4.90 Å². The van der Waals surface area contributed by atoms with Crippen LogP contribution < -0.4 is 5.73 Å². The number of carbonyl (C=O) groups excluding carboxylic acids is 2. The Kier molecular flexibility index (Phi) is 2.96. The Morgan fingerprint density at radius 2 is 2.00 bits per heavy atom. The number of imide groups is 1. The average Bonchev–Trinajstić information content (AvgIpc) is 2.71. The Balaban J connectivity index is 1.79. The number of nitrogens with two attached hydrogens (primary N) is 1. The molecule has 1 aromatic heterocycles. The van der Waals surface area contributed by atoms with E-state index in [-0.39, 0.29) is 29.1 Å². The summed E-state index contributed by atoms with van der Waals surface area (Å²) in [4.78, 5) is 26.9. The standard InChI is InChI=1S/C15H16N2O2S/c1-15(2)11-12(15)14(19)17(13(11)18)8-10-9(4-3-6-16)5-7-20-10/h5,7,11-12H,6,8,16H2,1-2H3. The lowest BCUT2D eigenvalue weighted by Crippen LogP contribution is -2.35. The molecule has 1 aromatic rings. The first-order valence-electron chi connectivity index (χ1n) is 6.59. The van der Waals surface area contributed by atoms with Crippen molar-refractivity contribution in [3.63, 3.8) is 0 Å². The molecule has 0 aromatic carbocycles. The molecule has 2 heterocycles. The monoisotopic (exact) mass is 288 g/mol. The summed E-state index contributed by atoms with van der Waals surface area (Å²) in [6.07, 6.45) is 0. The van der Waals surface area contributed by atoms with Crippen LogP contribution in [0.2, 0.25) is 0 Å². The molecule has 2 unspecified atom stereocenters. The number of likely N-dealkylation sites (tertiary alicyclic amines) is 1. The van der Waals surface area contributed by atoms with E-state index in [0.717, 1.165) is 10.4 Å². The van der Waals surface area contributed by atoms with Gasteiger partial charge in [0.2, 0.25) is 11.8 Å². The van der Waals surface area contributed by atoms with Crippen molar-refractivity contribution in [3.8, 4) is 11.8 Å². The Bertz CT molecular complexity index is 626. The van der Waals surface area contributed by atoms with Gasteiger partial charge in [0, 0.05) is 10.4 Å². The first-order valence-corrected chi connectivity index (χ1v) is 7.47. The van der Waals surface area contributed by atoms with Crippen LogP contribution in [0.15, 0.2) is 11.4 Å². The molecule has 2 atom stereocenters. The lowest BCUT2D eigenvalue weighted by Gasteiger charge is -2.20. The highest BCUT2D eigenvalue weighted by Gasteiger charge is 2.72. The Morgan fingerprint density at radius 1 is 1.35 bits per heavy atom. The fraction of sp³-hybridized carbons (Fsp3) is 0.467. The van der Waals surface area contributed by atoms with E-state index in [9.17, 15) is 9.59 Å². The maximum absolute atomic E-state index is 12.3. The van der Waals surface area contributed by atoms with Crippen LogP contribution in [0.3, 0.4) is 0 Å². The highest BCUT2D eigenvalue weighted by atomic mass is 32.1. The SMILES string of the molecule is CC1(C)C2C(=O)N(Cc3sccc3C#CCN)C(=O)C21. The molecule has 5 heteroatoms. The Morgan fingerprint density at radius 3 is 2.60 bits per heavy atom. The van der Waals surface area contributed by atoms with Crippen LogP contribution in [0.25, 0.3) is 0 Å². The van der Waals surface area contributed by atoms with E-state index < -0.39 is 0 Å². The summed E-state index contributed by atoms with van der Waals surface area (Å²) in [5.74, 6) is 5.49. The quantitative estimate of drug-likeness (QED) is 0.657. The van der Waals surface area contributed by atoms with Gasteiger partial charge in [-0.1, -0.05) is 25.7 Å². The molecule has 4 nitrogen and oxygen atoms in total. The molecule has 1 saturated heterocycles. The van der Waals surface area contributed by atoms with Gasteiger partial charge >= 0.3 is 0 Å². The number of fused-ring (bicyclic) bond motifs is 1. The summed E-state index contributed by atoms with van der Waals surface area (Å²) in [5, 5.41) is 1.92. The van der Waals surface area contributed by atoms with Gasteiger partial charge in [-0.05, 0) is 16.9 Å². The molecule has 1 saturated carbocycles. The zero-order chi connectivity index (χ0) is 14.5. The Hall–Kier alpha value is -1.64. The van der Waals surface area contributed by atoms with Gasteiger partial charge in [0.25, 0.3) is 0 Å². The van der Waals surface area contributed by atoms with Gasteiger partial charge in [0.05, 0.1) is 24.9 Å². The molecule has 2 aliphatic rings. The minimum absolute atomic E-state index is 0.0314. The van der Waals surface area contributed by atoms with Crippen LogP contribution in [0.4, 0.5) is 0 Å². The molecular formula is C15H16N2O2S. The van der Waals surface area contributed by atoms with Gasteiger partial charge < -0.3 is 5.73 Å². The van der Waals surface area contributed by atoms with Gasteiger partial charge in [0.1, 0.15) is 0 Å². The lowest BCUT2D eigenvalue weighted by atomic mass is 10.1. The molecule has 1 aliphatic heterocycles. The fourth-order valence-corrected chi connectivity index (χ4v) is 3.84. The molecule has 104 valence electrons. The second-order valence-electron chi connectivity index (χ2n) is 5.80. The van der Waals surface area contributed by atoms with Crippen LogP contribution in [0.5, 0.6) is 0 Å². The number of hydrogen-bond acceptors (Lipinski definition) is 4. The smallest absolute Gasteiger partial charge is 0.234 e. The third-order valence-electron chi connectivity index (χ3n) is 4.26. The minimum atomic E-state index is -0.150. The van der Waals surface area contributed by atoms with E-state index in [2.05, 4.69) is 11.8 Å². The van der Waals surface area contributed by atoms with Gasteiger partial charge in [-0.2, -0.15) is 0 Å². The number of nitrogens with zero attached hydrogens (tertiary/aromatic N) is 1. The van der Waals surface area contributed by atoms with Crippen molar-refractivity contribution < 1.29 is 9.59 Å². The summed E-state index contributed by atoms with van der Waals surface area (Å²) < 4.78 is 0. The minimum Gasteiger partial charge on any atom is -0.320 e. The highest BCUT2D eigenvalue weighted by Crippen LogP contribution is 2.63. The van der Waals surface area contributed by atoms with E-state index in [1.54, 1.807) is 0 Å². The number of hydrogen-bond donors (Lipinski definition) is 1. The number of amides is 2. The van der Waals surface area contributed by atoms with Gasteiger partial charge in [-0.3, -0.25) is 14.5 Å². The second-order valence-corrected chi connectivity index (χ2v) is 6.80. The summed E-state index contributed by atoms with van der Waals surface area (Å²) in [6.45, 7) is 4.61.